The van der Waals surface area contributed by atoms with Gasteiger partial charge >= 0.3 is 0 Å². The molecule has 0 saturated carbocycles. The smallest absolute Gasteiger partial charge is 0.211 e. The zero-order chi connectivity index (χ0) is 11.5. The number of benzene rings is 1. The number of halogens is 3. The first-order valence-electron chi connectivity index (χ1n) is 4.77. The van der Waals surface area contributed by atoms with Crippen LogP contribution in [0, 0.1) is 5.82 Å². The lowest BCUT2D eigenvalue weighted by molar-refractivity contribution is -0.688. The summed E-state index contributed by atoms with van der Waals surface area (Å²) in [5.74, 6) is -0.0581. The van der Waals surface area contributed by atoms with E-state index >= 15 is 0 Å². The van der Waals surface area contributed by atoms with Crippen LogP contribution >= 0.6 is 15.9 Å². The third-order valence-electron chi connectivity index (χ3n) is 2.21. The Morgan fingerprint density at radius 1 is 1.29 bits per heavy atom. The van der Waals surface area contributed by atoms with Crippen molar-refractivity contribution < 1.29 is 26.5 Å². The van der Waals surface area contributed by atoms with Gasteiger partial charge in [0.1, 0.15) is 5.82 Å². The zero-order valence-corrected chi connectivity index (χ0v) is 11.1. The Morgan fingerprint density at radius 3 is 2.71 bits per heavy atom. The monoisotopic (exact) mass is 317 g/mol. The summed E-state index contributed by atoms with van der Waals surface area (Å²) in [6, 6.07) is 7.93. The lowest BCUT2D eigenvalue weighted by atomic mass is 10.2. The van der Waals surface area contributed by atoms with Crippen LogP contribution in [0.25, 0.3) is 0 Å². The number of rotatable bonds is 2. The summed E-state index contributed by atoms with van der Waals surface area (Å²) in [6.07, 6.45) is 3.46. The molecular formula is C12H10BrClFNO. The van der Waals surface area contributed by atoms with Gasteiger partial charge in [-0.15, -0.1) is 0 Å². The summed E-state index contributed by atoms with van der Waals surface area (Å²) in [4.78, 5) is 0. The second-order valence-electron chi connectivity index (χ2n) is 3.47. The zero-order valence-electron chi connectivity index (χ0n) is 8.78. The molecule has 1 aromatic heterocycles. The van der Waals surface area contributed by atoms with Crippen LogP contribution in [0.5, 0.6) is 5.75 Å². The van der Waals surface area contributed by atoms with Crippen LogP contribution in [0.15, 0.2) is 47.2 Å². The Bertz CT molecular complexity index is 522. The van der Waals surface area contributed by atoms with Crippen molar-refractivity contribution in [2.45, 2.75) is 6.54 Å². The third-order valence-corrected chi connectivity index (χ3v) is 2.95. The van der Waals surface area contributed by atoms with E-state index in [2.05, 4.69) is 15.9 Å². The van der Waals surface area contributed by atoms with E-state index in [0.717, 1.165) is 10.0 Å². The quantitative estimate of drug-likeness (QED) is 0.751. The number of aromatic hydroxyl groups is 1. The molecule has 2 rings (SSSR count). The SMILES string of the molecule is Oc1ccc[n+](Cc2ccc(F)cc2Br)c1.[Cl-]. The Balaban J connectivity index is 0.00000144. The molecule has 0 aliphatic heterocycles. The van der Waals surface area contributed by atoms with E-state index in [1.165, 1.54) is 12.1 Å². The van der Waals surface area contributed by atoms with Crippen molar-refractivity contribution in [2.24, 2.45) is 0 Å². The highest BCUT2D eigenvalue weighted by Gasteiger charge is 2.07. The molecule has 0 atom stereocenters. The van der Waals surface area contributed by atoms with Crippen molar-refractivity contribution in [1.29, 1.82) is 0 Å². The second-order valence-corrected chi connectivity index (χ2v) is 4.32. The summed E-state index contributed by atoms with van der Waals surface area (Å²) in [6.45, 7) is 0.579. The summed E-state index contributed by atoms with van der Waals surface area (Å²) in [5.41, 5.74) is 0.956. The lowest BCUT2D eigenvalue weighted by Crippen LogP contribution is -3.00. The van der Waals surface area contributed by atoms with E-state index in [0.29, 0.717) is 6.54 Å². The predicted molar refractivity (Wildman–Crippen MR) is 61.5 cm³/mol. The average Bonchev–Trinajstić information content (AvgIpc) is 2.22. The van der Waals surface area contributed by atoms with Gasteiger partial charge in [0.05, 0.1) is 0 Å². The normalized spacial score (nSPS) is 9.76. The molecular weight excluding hydrogens is 308 g/mol. The maximum atomic E-state index is 12.9. The molecule has 5 heteroatoms. The van der Waals surface area contributed by atoms with Gasteiger partial charge in [-0.05, 0) is 24.3 Å². The summed E-state index contributed by atoms with van der Waals surface area (Å²) < 4.78 is 15.4. The van der Waals surface area contributed by atoms with Crippen LogP contribution < -0.4 is 17.0 Å². The predicted octanol–water partition coefficient (Wildman–Crippen LogP) is -0.366. The highest BCUT2D eigenvalue weighted by Crippen LogP contribution is 2.17. The Hall–Kier alpha value is -1.13. The molecule has 1 heterocycles. The number of hydrogen-bond donors (Lipinski definition) is 1. The van der Waals surface area contributed by atoms with Crippen molar-refractivity contribution in [2.75, 3.05) is 0 Å². The van der Waals surface area contributed by atoms with Gasteiger partial charge in [-0.1, -0.05) is 15.9 Å². The minimum Gasteiger partial charge on any atom is -1.00 e. The van der Waals surface area contributed by atoms with Crippen molar-refractivity contribution >= 4 is 15.9 Å². The summed E-state index contributed by atoms with van der Waals surface area (Å²) in [5, 5.41) is 9.31. The van der Waals surface area contributed by atoms with E-state index in [9.17, 15) is 9.50 Å². The van der Waals surface area contributed by atoms with Crippen LogP contribution in [-0.2, 0) is 6.54 Å². The minimum atomic E-state index is -0.267. The molecule has 2 nitrogen and oxygen atoms in total. The molecule has 0 spiro atoms. The molecule has 0 fully saturated rings. The molecule has 17 heavy (non-hydrogen) atoms. The van der Waals surface area contributed by atoms with E-state index in [-0.39, 0.29) is 24.0 Å². The molecule has 0 bridgehead atoms. The van der Waals surface area contributed by atoms with Gasteiger partial charge in [-0.25, -0.2) is 4.39 Å². The van der Waals surface area contributed by atoms with E-state index < -0.39 is 0 Å². The minimum absolute atomic E-state index is 0. The maximum absolute atomic E-state index is 12.9. The van der Waals surface area contributed by atoms with E-state index in [1.54, 1.807) is 24.4 Å². The Labute approximate surface area is 113 Å². The molecule has 0 radical (unpaired) electrons. The van der Waals surface area contributed by atoms with Crippen molar-refractivity contribution in [1.82, 2.24) is 0 Å². The van der Waals surface area contributed by atoms with Crippen molar-refractivity contribution in [3.05, 3.63) is 58.6 Å². The standard InChI is InChI=1S/C12H9BrFNO.ClH/c13-12-6-10(14)4-3-9(12)7-15-5-1-2-11(16)8-15;/h1-6,8H,7H2;1H. The van der Waals surface area contributed by atoms with Gasteiger partial charge in [-0.2, -0.15) is 4.57 Å². The first-order chi connectivity index (χ1) is 7.65. The van der Waals surface area contributed by atoms with Gasteiger partial charge < -0.3 is 17.5 Å². The average molecular weight is 319 g/mol. The molecule has 0 unspecified atom stereocenters. The molecule has 0 saturated heterocycles. The number of aromatic nitrogens is 1. The second kappa shape index (κ2) is 5.98. The lowest BCUT2D eigenvalue weighted by Gasteiger charge is -2.01. The highest BCUT2D eigenvalue weighted by molar-refractivity contribution is 9.10. The highest BCUT2D eigenvalue weighted by atomic mass is 79.9. The molecule has 0 amide bonds. The van der Waals surface area contributed by atoms with Crippen LogP contribution in [0.1, 0.15) is 5.56 Å². The van der Waals surface area contributed by atoms with Gasteiger partial charge in [0, 0.05) is 16.1 Å². The molecule has 2 aromatic rings. The summed E-state index contributed by atoms with van der Waals surface area (Å²) in [7, 11) is 0. The van der Waals surface area contributed by atoms with Crippen LogP contribution in [0.4, 0.5) is 4.39 Å². The van der Waals surface area contributed by atoms with Gasteiger partial charge in [-0.3, -0.25) is 0 Å². The molecule has 1 aromatic carbocycles. The van der Waals surface area contributed by atoms with Crippen molar-refractivity contribution in [3.63, 3.8) is 0 Å². The fourth-order valence-corrected chi connectivity index (χ4v) is 1.93. The van der Waals surface area contributed by atoms with Gasteiger partial charge in [0.25, 0.3) is 0 Å². The third kappa shape index (κ3) is 3.68. The summed E-state index contributed by atoms with van der Waals surface area (Å²) >= 11 is 3.31. The first kappa shape index (κ1) is 13.9. The molecule has 90 valence electrons. The molecule has 0 aliphatic rings. The van der Waals surface area contributed by atoms with E-state index in [1.807, 2.05) is 10.8 Å². The number of nitrogens with zero attached hydrogens (tertiary/aromatic N) is 1. The Morgan fingerprint density at radius 2 is 2.06 bits per heavy atom. The topological polar surface area (TPSA) is 24.1 Å². The van der Waals surface area contributed by atoms with Crippen LogP contribution in [0.3, 0.4) is 0 Å². The molecule has 1 N–H and O–H groups in total. The molecule has 0 aliphatic carbocycles. The largest absolute Gasteiger partial charge is 1.00 e. The van der Waals surface area contributed by atoms with E-state index in [4.69, 9.17) is 0 Å². The van der Waals surface area contributed by atoms with Gasteiger partial charge in [0.15, 0.2) is 18.5 Å². The van der Waals surface area contributed by atoms with Crippen LogP contribution in [-0.4, -0.2) is 5.11 Å². The van der Waals surface area contributed by atoms with Crippen LogP contribution in [0.2, 0.25) is 0 Å². The number of hydrogen-bond acceptors (Lipinski definition) is 1. The van der Waals surface area contributed by atoms with Gasteiger partial charge in [0.2, 0.25) is 6.20 Å². The fourth-order valence-electron chi connectivity index (χ4n) is 1.45. The Kier molecular flexibility index (Phi) is 4.90. The van der Waals surface area contributed by atoms with Crippen molar-refractivity contribution in [3.8, 4) is 5.75 Å². The fraction of sp³-hybridized carbons (Fsp3) is 0.0833. The maximum Gasteiger partial charge on any atom is 0.211 e. The number of pyridine rings is 1. The first-order valence-corrected chi connectivity index (χ1v) is 5.56.